The van der Waals surface area contributed by atoms with Gasteiger partial charge in [0.05, 0.1) is 6.20 Å². The van der Waals surface area contributed by atoms with Crippen molar-refractivity contribution in [2.45, 2.75) is 25.0 Å². The molecule has 3 heterocycles. The lowest BCUT2D eigenvalue weighted by Crippen LogP contribution is -2.50. The average molecular weight is 341 g/mol. The number of carbonyl (C=O) groups is 1. The van der Waals surface area contributed by atoms with Crippen molar-refractivity contribution in [3.8, 4) is 17.4 Å². The molecule has 2 aliphatic heterocycles. The monoisotopic (exact) mass is 341 g/mol. The van der Waals surface area contributed by atoms with Gasteiger partial charge >= 0.3 is 0 Å². The molecule has 1 atom stereocenters. The van der Waals surface area contributed by atoms with Crippen molar-refractivity contribution in [2.75, 3.05) is 19.7 Å². The number of para-hydroxylation sites is 2. The fraction of sp³-hybridized carbons (Fsp3) is 0.389. The van der Waals surface area contributed by atoms with Crippen LogP contribution in [0.1, 0.15) is 12.8 Å². The zero-order valence-corrected chi connectivity index (χ0v) is 13.7. The number of ether oxygens (including phenoxy) is 3. The Hall–Kier alpha value is -2.83. The molecule has 2 aromatic rings. The smallest absolute Gasteiger partial charge is 0.267 e. The number of likely N-dealkylation sites (tertiary alicyclic amines) is 1. The minimum atomic E-state index is -0.590. The molecular weight excluding hydrogens is 322 g/mol. The van der Waals surface area contributed by atoms with Crippen LogP contribution in [0.2, 0.25) is 0 Å². The fourth-order valence-electron chi connectivity index (χ4n) is 3.06. The minimum Gasteiger partial charge on any atom is -0.485 e. The van der Waals surface area contributed by atoms with Gasteiger partial charge in [-0.1, -0.05) is 12.1 Å². The van der Waals surface area contributed by atoms with Crippen molar-refractivity contribution in [1.29, 1.82) is 0 Å². The maximum Gasteiger partial charge on any atom is 0.267 e. The van der Waals surface area contributed by atoms with E-state index in [4.69, 9.17) is 14.2 Å². The average Bonchev–Trinajstić information content (AvgIpc) is 2.68. The largest absolute Gasteiger partial charge is 0.485 e. The van der Waals surface area contributed by atoms with Gasteiger partial charge in [0.2, 0.25) is 12.0 Å². The summed E-state index contributed by atoms with van der Waals surface area (Å²) in [7, 11) is 0. The van der Waals surface area contributed by atoms with Crippen LogP contribution in [0, 0.1) is 0 Å². The Morgan fingerprint density at radius 1 is 1.16 bits per heavy atom. The van der Waals surface area contributed by atoms with Gasteiger partial charge in [0.25, 0.3) is 5.91 Å². The van der Waals surface area contributed by atoms with Crippen LogP contribution in [0.5, 0.6) is 17.4 Å². The lowest BCUT2D eigenvalue weighted by molar-refractivity contribution is -0.143. The molecule has 0 radical (unpaired) electrons. The molecule has 0 aliphatic carbocycles. The van der Waals surface area contributed by atoms with E-state index >= 15 is 0 Å². The van der Waals surface area contributed by atoms with Gasteiger partial charge in [-0.25, -0.2) is 4.98 Å². The molecule has 1 aromatic heterocycles. The summed E-state index contributed by atoms with van der Waals surface area (Å²) in [5.74, 6) is 1.79. The number of piperidine rings is 1. The number of aromatic nitrogens is 2. The van der Waals surface area contributed by atoms with Crippen LogP contribution in [0.4, 0.5) is 0 Å². The molecule has 25 heavy (non-hydrogen) atoms. The van der Waals surface area contributed by atoms with Crippen molar-refractivity contribution >= 4 is 5.91 Å². The topological polar surface area (TPSA) is 73.8 Å². The molecule has 7 nitrogen and oxygen atoms in total. The maximum absolute atomic E-state index is 12.7. The maximum atomic E-state index is 12.7. The molecule has 0 bridgehead atoms. The van der Waals surface area contributed by atoms with Gasteiger partial charge in [-0.05, 0) is 12.1 Å². The second-order valence-corrected chi connectivity index (χ2v) is 6.05. The van der Waals surface area contributed by atoms with E-state index in [1.807, 2.05) is 29.2 Å². The number of benzene rings is 1. The number of hydrogen-bond acceptors (Lipinski definition) is 6. The quantitative estimate of drug-likeness (QED) is 0.846. The Bertz CT molecular complexity index is 732. The van der Waals surface area contributed by atoms with Crippen molar-refractivity contribution < 1.29 is 19.0 Å². The lowest BCUT2D eigenvalue weighted by atomic mass is 10.1. The zero-order valence-electron chi connectivity index (χ0n) is 13.7. The van der Waals surface area contributed by atoms with Crippen LogP contribution < -0.4 is 14.2 Å². The van der Waals surface area contributed by atoms with Crippen molar-refractivity contribution in [1.82, 2.24) is 14.9 Å². The zero-order chi connectivity index (χ0) is 17.1. The third kappa shape index (κ3) is 3.50. The van der Waals surface area contributed by atoms with Crippen molar-refractivity contribution in [3.63, 3.8) is 0 Å². The first-order valence-corrected chi connectivity index (χ1v) is 8.39. The Labute approximate surface area is 145 Å². The van der Waals surface area contributed by atoms with Gasteiger partial charge in [0.1, 0.15) is 12.7 Å². The van der Waals surface area contributed by atoms with E-state index in [2.05, 4.69) is 9.97 Å². The highest BCUT2D eigenvalue weighted by Crippen LogP contribution is 2.31. The summed E-state index contributed by atoms with van der Waals surface area (Å²) in [4.78, 5) is 22.6. The third-order valence-corrected chi connectivity index (χ3v) is 4.36. The van der Waals surface area contributed by atoms with Crippen LogP contribution >= 0.6 is 0 Å². The van der Waals surface area contributed by atoms with Crippen LogP contribution in [-0.2, 0) is 4.79 Å². The van der Waals surface area contributed by atoms with E-state index in [1.54, 1.807) is 18.6 Å². The Morgan fingerprint density at radius 3 is 2.72 bits per heavy atom. The molecule has 1 fully saturated rings. The molecule has 1 aromatic carbocycles. The molecule has 0 spiro atoms. The fourth-order valence-corrected chi connectivity index (χ4v) is 3.06. The van der Waals surface area contributed by atoms with Gasteiger partial charge in [-0.3, -0.25) is 9.78 Å². The normalized spacial score (nSPS) is 20.2. The van der Waals surface area contributed by atoms with Crippen LogP contribution in [0.3, 0.4) is 0 Å². The highest BCUT2D eigenvalue weighted by Gasteiger charge is 2.33. The summed E-state index contributed by atoms with van der Waals surface area (Å²) in [6.07, 6.45) is 5.78. The predicted octanol–water partition coefficient (Wildman–Crippen LogP) is 1.69. The molecule has 0 saturated carbocycles. The summed E-state index contributed by atoms with van der Waals surface area (Å²) in [5.41, 5.74) is 0. The van der Waals surface area contributed by atoms with Gasteiger partial charge in [0.15, 0.2) is 11.5 Å². The van der Waals surface area contributed by atoms with E-state index < -0.39 is 6.10 Å². The minimum absolute atomic E-state index is 0.0348. The standard InChI is InChI=1S/C18H19N3O4/c22-18(16-12-23-14-3-1-2-4-15(14)25-16)21-9-5-13(6-10-21)24-17-11-19-7-8-20-17/h1-4,7-8,11,13,16H,5-6,9-10,12H2. The number of hydrogen-bond donors (Lipinski definition) is 0. The van der Waals surface area contributed by atoms with E-state index in [9.17, 15) is 4.79 Å². The summed E-state index contributed by atoms with van der Waals surface area (Å²) in [5, 5.41) is 0. The van der Waals surface area contributed by atoms with Crippen molar-refractivity contribution in [3.05, 3.63) is 42.9 Å². The molecule has 130 valence electrons. The first-order valence-electron chi connectivity index (χ1n) is 8.39. The SMILES string of the molecule is O=C(C1COc2ccccc2O1)N1CCC(Oc2cnccn2)CC1. The second-order valence-electron chi connectivity index (χ2n) is 6.05. The van der Waals surface area contributed by atoms with Crippen molar-refractivity contribution in [2.24, 2.45) is 0 Å². The number of carbonyl (C=O) groups excluding carboxylic acids is 1. The van der Waals surface area contributed by atoms with E-state index in [0.717, 1.165) is 12.8 Å². The van der Waals surface area contributed by atoms with Gasteiger partial charge in [-0.2, -0.15) is 0 Å². The molecule has 4 rings (SSSR count). The summed E-state index contributed by atoms with van der Waals surface area (Å²) >= 11 is 0. The first-order chi connectivity index (χ1) is 12.3. The van der Waals surface area contributed by atoms with E-state index in [-0.39, 0.29) is 18.6 Å². The highest BCUT2D eigenvalue weighted by molar-refractivity contribution is 5.82. The van der Waals surface area contributed by atoms with Gasteiger partial charge in [-0.15, -0.1) is 0 Å². The Kier molecular flexibility index (Phi) is 4.37. The highest BCUT2D eigenvalue weighted by atomic mass is 16.6. The molecule has 1 unspecified atom stereocenters. The Morgan fingerprint density at radius 2 is 1.96 bits per heavy atom. The predicted molar refractivity (Wildman–Crippen MR) is 88.6 cm³/mol. The Balaban J connectivity index is 1.31. The summed E-state index contributed by atoms with van der Waals surface area (Å²) < 4.78 is 17.2. The first kappa shape index (κ1) is 15.7. The number of nitrogens with zero attached hydrogens (tertiary/aromatic N) is 3. The summed E-state index contributed by atoms with van der Waals surface area (Å²) in [6.45, 7) is 1.50. The van der Waals surface area contributed by atoms with Crippen LogP contribution in [0.25, 0.3) is 0 Å². The molecule has 7 heteroatoms. The summed E-state index contributed by atoms with van der Waals surface area (Å²) in [6, 6.07) is 7.40. The van der Waals surface area contributed by atoms with E-state index in [0.29, 0.717) is 30.5 Å². The molecular formula is C18H19N3O4. The van der Waals surface area contributed by atoms with E-state index in [1.165, 1.54) is 0 Å². The number of fused-ring (bicyclic) bond motifs is 1. The van der Waals surface area contributed by atoms with Gasteiger partial charge < -0.3 is 19.1 Å². The number of amides is 1. The molecule has 2 aliphatic rings. The molecule has 1 amide bonds. The lowest BCUT2D eigenvalue weighted by Gasteiger charge is -2.35. The molecule has 0 N–H and O–H groups in total. The number of rotatable bonds is 3. The van der Waals surface area contributed by atoms with Gasteiger partial charge in [0, 0.05) is 38.3 Å². The molecule has 1 saturated heterocycles. The third-order valence-electron chi connectivity index (χ3n) is 4.36. The van der Waals surface area contributed by atoms with Crippen LogP contribution in [-0.4, -0.2) is 52.7 Å². The van der Waals surface area contributed by atoms with Crippen LogP contribution in [0.15, 0.2) is 42.9 Å². The second kappa shape index (κ2) is 6.96.